The average Bonchev–Trinajstić information content (AvgIpc) is 2.68. The van der Waals surface area contributed by atoms with E-state index in [9.17, 15) is 0 Å². The smallest absolute Gasteiger partial charge is 0.159 e. The third-order valence-corrected chi connectivity index (χ3v) is 4.78. The van der Waals surface area contributed by atoms with Crippen LogP contribution in [0.4, 0.5) is 0 Å². The fraction of sp³-hybridized carbons (Fsp3) is 0.250. The molecule has 1 aliphatic rings. The van der Waals surface area contributed by atoms with Gasteiger partial charge in [-0.2, -0.15) is 0 Å². The standard InChI is InChI=1S/C20H19ClN4O/c1-26-18-8-14(9-22-11-18)12-25-7-6-19-16(13-25)10-23-20(24-19)15-2-4-17(21)5-3-15/h2-5,8-11H,6-7,12-13H2,1H3. The van der Waals surface area contributed by atoms with Crippen molar-refractivity contribution in [1.29, 1.82) is 0 Å². The number of ether oxygens (including phenoxy) is 1. The summed E-state index contributed by atoms with van der Waals surface area (Å²) in [4.78, 5) is 15.9. The molecule has 0 saturated carbocycles. The molecule has 6 heteroatoms. The molecule has 0 spiro atoms. The summed E-state index contributed by atoms with van der Waals surface area (Å²) in [5.41, 5.74) is 4.45. The molecular weight excluding hydrogens is 348 g/mol. The van der Waals surface area contributed by atoms with E-state index in [-0.39, 0.29) is 0 Å². The van der Waals surface area contributed by atoms with Crippen molar-refractivity contribution in [2.45, 2.75) is 19.5 Å². The maximum absolute atomic E-state index is 5.96. The summed E-state index contributed by atoms with van der Waals surface area (Å²) in [7, 11) is 1.66. The van der Waals surface area contributed by atoms with Crippen molar-refractivity contribution in [3.05, 3.63) is 70.8 Å². The maximum Gasteiger partial charge on any atom is 0.159 e. The second-order valence-corrected chi connectivity index (χ2v) is 6.80. The van der Waals surface area contributed by atoms with Crippen molar-refractivity contribution in [1.82, 2.24) is 19.9 Å². The van der Waals surface area contributed by atoms with Crippen molar-refractivity contribution in [3.63, 3.8) is 0 Å². The molecule has 2 aromatic heterocycles. The lowest BCUT2D eigenvalue weighted by molar-refractivity contribution is 0.242. The van der Waals surface area contributed by atoms with E-state index in [1.54, 1.807) is 13.3 Å². The second-order valence-electron chi connectivity index (χ2n) is 6.37. The summed E-state index contributed by atoms with van der Waals surface area (Å²) < 4.78 is 5.25. The van der Waals surface area contributed by atoms with E-state index in [1.165, 1.54) is 5.56 Å². The normalized spacial score (nSPS) is 14.1. The molecule has 0 atom stereocenters. The van der Waals surface area contributed by atoms with Gasteiger partial charge in [-0.1, -0.05) is 11.6 Å². The fourth-order valence-electron chi connectivity index (χ4n) is 3.17. The van der Waals surface area contributed by atoms with Crippen LogP contribution in [0.2, 0.25) is 5.02 Å². The van der Waals surface area contributed by atoms with E-state index in [1.807, 2.05) is 42.7 Å². The van der Waals surface area contributed by atoms with Crippen molar-refractivity contribution in [3.8, 4) is 17.1 Å². The number of hydrogen-bond donors (Lipinski definition) is 0. The molecule has 3 aromatic rings. The Balaban J connectivity index is 1.49. The SMILES string of the molecule is COc1cncc(CN2CCc3nc(-c4ccc(Cl)cc4)ncc3C2)c1. The highest BCUT2D eigenvalue weighted by atomic mass is 35.5. The monoisotopic (exact) mass is 366 g/mol. The van der Waals surface area contributed by atoms with Crippen molar-refractivity contribution >= 4 is 11.6 Å². The van der Waals surface area contributed by atoms with Crippen molar-refractivity contribution in [2.75, 3.05) is 13.7 Å². The predicted octanol–water partition coefficient (Wildman–Crippen LogP) is 3.76. The molecule has 132 valence electrons. The van der Waals surface area contributed by atoms with Gasteiger partial charge < -0.3 is 4.74 Å². The first-order valence-electron chi connectivity index (χ1n) is 8.52. The quantitative estimate of drug-likeness (QED) is 0.703. The largest absolute Gasteiger partial charge is 0.495 e. The Morgan fingerprint density at radius 3 is 2.81 bits per heavy atom. The molecule has 0 unspecified atom stereocenters. The van der Waals surface area contributed by atoms with Crippen LogP contribution < -0.4 is 4.74 Å². The average molecular weight is 367 g/mol. The third kappa shape index (κ3) is 3.69. The molecule has 3 heterocycles. The summed E-state index contributed by atoms with van der Waals surface area (Å²) in [5.74, 6) is 1.54. The molecule has 4 rings (SSSR count). The summed E-state index contributed by atoms with van der Waals surface area (Å²) in [6.45, 7) is 2.64. The maximum atomic E-state index is 5.96. The molecule has 1 aliphatic heterocycles. The Morgan fingerprint density at radius 1 is 1.15 bits per heavy atom. The van der Waals surface area contributed by atoms with E-state index in [0.29, 0.717) is 0 Å². The van der Waals surface area contributed by atoms with Gasteiger partial charge in [-0.15, -0.1) is 0 Å². The van der Waals surface area contributed by atoms with Crippen LogP contribution in [0.15, 0.2) is 48.9 Å². The molecule has 0 fully saturated rings. The molecule has 0 aliphatic carbocycles. The highest BCUT2D eigenvalue weighted by molar-refractivity contribution is 6.30. The molecular formula is C20H19ClN4O. The topological polar surface area (TPSA) is 51.1 Å². The third-order valence-electron chi connectivity index (χ3n) is 4.53. The summed E-state index contributed by atoms with van der Waals surface area (Å²) in [5, 5.41) is 0.717. The van der Waals surface area contributed by atoms with Gasteiger partial charge in [0.05, 0.1) is 19.0 Å². The zero-order valence-electron chi connectivity index (χ0n) is 14.5. The number of pyridine rings is 1. The van der Waals surface area contributed by atoms with Crippen molar-refractivity contribution in [2.24, 2.45) is 0 Å². The molecule has 0 amide bonds. The van der Waals surface area contributed by atoms with Gasteiger partial charge in [-0.25, -0.2) is 9.97 Å². The van der Waals surface area contributed by atoms with Gasteiger partial charge in [0, 0.05) is 54.6 Å². The molecule has 26 heavy (non-hydrogen) atoms. The van der Waals surface area contributed by atoms with Crippen LogP contribution in [0.3, 0.4) is 0 Å². The number of hydrogen-bond acceptors (Lipinski definition) is 5. The Hall–Kier alpha value is -2.50. The fourth-order valence-corrected chi connectivity index (χ4v) is 3.29. The summed E-state index contributed by atoms with van der Waals surface area (Å²) in [6.07, 6.45) is 6.47. The second kappa shape index (κ2) is 7.40. The first kappa shape index (κ1) is 16.9. The predicted molar refractivity (Wildman–Crippen MR) is 101 cm³/mol. The number of rotatable bonds is 4. The van der Waals surface area contributed by atoms with E-state index >= 15 is 0 Å². The minimum atomic E-state index is 0.717. The molecule has 0 N–H and O–H groups in total. The van der Waals surface area contributed by atoms with E-state index in [0.717, 1.165) is 59.5 Å². The molecule has 5 nitrogen and oxygen atoms in total. The van der Waals surface area contributed by atoms with E-state index in [4.69, 9.17) is 21.3 Å². The number of methoxy groups -OCH3 is 1. The van der Waals surface area contributed by atoms with Crippen LogP contribution in [0, 0.1) is 0 Å². The Morgan fingerprint density at radius 2 is 2.00 bits per heavy atom. The number of halogens is 1. The molecule has 0 saturated heterocycles. The van der Waals surface area contributed by atoms with Gasteiger partial charge in [-0.05, 0) is 35.9 Å². The van der Waals surface area contributed by atoms with E-state index < -0.39 is 0 Å². The highest BCUT2D eigenvalue weighted by Gasteiger charge is 2.19. The highest BCUT2D eigenvalue weighted by Crippen LogP contribution is 2.23. The Bertz CT molecular complexity index is 914. The Labute approximate surface area is 157 Å². The van der Waals surface area contributed by atoms with Crippen molar-refractivity contribution < 1.29 is 4.74 Å². The van der Waals surface area contributed by atoms with Gasteiger partial charge >= 0.3 is 0 Å². The number of aromatic nitrogens is 3. The summed E-state index contributed by atoms with van der Waals surface area (Å²) in [6, 6.07) is 9.67. The lowest BCUT2D eigenvalue weighted by Crippen LogP contribution is -2.31. The van der Waals surface area contributed by atoms with Crippen LogP contribution in [-0.2, 0) is 19.5 Å². The van der Waals surface area contributed by atoms with Gasteiger partial charge in [0.2, 0.25) is 0 Å². The van der Waals surface area contributed by atoms with E-state index in [2.05, 4.69) is 14.9 Å². The van der Waals surface area contributed by atoms with Crippen LogP contribution >= 0.6 is 11.6 Å². The molecule has 0 radical (unpaired) electrons. The number of benzene rings is 1. The minimum Gasteiger partial charge on any atom is -0.495 e. The molecule has 1 aromatic carbocycles. The van der Waals surface area contributed by atoms with Crippen LogP contribution in [0.1, 0.15) is 16.8 Å². The lowest BCUT2D eigenvalue weighted by Gasteiger charge is -2.28. The first-order chi connectivity index (χ1) is 12.7. The number of nitrogens with zero attached hydrogens (tertiary/aromatic N) is 4. The Kier molecular flexibility index (Phi) is 4.82. The van der Waals surface area contributed by atoms with Gasteiger partial charge in [0.25, 0.3) is 0 Å². The zero-order chi connectivity index (χ0) is 17.9. The minimum absolute atomic E-state index is 0.717. The van der Waals surface area contributed by atoms with Gasteiger partial charge in [-0.3, -0.25) is 9.88 Å². The van der Waals surface area contributed by atoms with Gasteiger partial charge in [0.1, 0.15) is 5.75 Å². The van der Waals surface area contributed by atoms with Crippen LogP contribution in [0.25, 0.3) is 11.4 Å². The zero-order valence-corrected chi connectivity index (χ0v) is 15.3. The van der Waals surface area contributed by atoms with Crippen LogP contribution in [-0.4, -0.2) is 33.5 Å². The van der Waals surface area contributed by atoms with Crippen LogP contribution in [0.5, 0.6) is 5.75 Å². The number of fused-ring (bicyclic) bond motifs is 1. The molecule has 0 bridgehead atoms. The lowest BCUT2D eigenvalue weighted by atomic mass is 10.1. The van der Waals surface area contributed by atoms with Gasteiger partial charge in [0.15, 0.2) is 5.82 Å². The first-order valence-corrected chi connectivity index (χ1v) is 8.90. The summed E-state index contributed by atoms with van der Waals surface area (Å²) >= 11 is 5.96.